The minimum absolute atomic E-state index is 0.0120. The van der Waals surface area contributed by atoms with E-state index < -0.39 is 16.0 Å². The molecule has 1 aromatic heterocycles. The Labute approximate surface area is 202 Å². The maximum Gasteiger partial charge on any atom is 0.323 e. The maximum atomic E-state index is 13.3. The molecule has 0 bridgehead atoms. The van der Waals surface area contributed by atoms with E-state index in [2.05, 4.69) is 15.9 Å². The smallest absolute Gasteiger partial charge is 0.323 e. The molecule has 1 saturated heterocycles. The number of benzene rings is 2. The third-order valence-electron chi connectivity index (χ3n) is 6.02. The molecule has 0 saturated carbocycles. The van der Waals surface area contributed by atoms with Crippen LogP contribution in [0.25, 0.3) is 10.9 Å². The van der Waals surface area contributed by atoms with Crippen molar-refractivity contribution in [1.82, 2.24) is 8.87 Å². The maximum absolute atomic E-state index is 13.3. The molecule has 1 aliphatic rings. The fourth-order valence-corrected chi connectivity index (χ4v) is 6.47. The first kappa shape index (κ1) is 23.8. The van der Waals surface area contributed by atoms with Gasteiger partial charge in [-0.15, -0.1) is 0 Å². The average Bonchev–Trinajstić information content (AvgIpc) is 3.32. The van der Waals surface area contributed by atoms with Gasteiger partial charge in [-0.3, -0.25) is 4.79 Å². The predicted octanol–water partition coefficient (Wildman–Crippen LogP) is 4.76. The Morgan fingerprint density at radius 2 is 1.91 bits per heavy atom. The van der Waals surface area contributed by atoms with Gasteiger partial charge in [0.1, 0.15) is 12.3 Å². The van der Waals surface area contributed by atoms with Crippen molar-refractivity contribution in [2.45, 2.75) is 50.7 Å². The van der Waals surface area contributed by atoms with Gasteiger partial charge in [0.2, 0.25) is 10.0 Å². The number of carbonyl (C=O) groups is 1. The molecule has 176 valence electrons. The van der Waals surface area contributed by atoms with Gasteiger partial charge in [-0.25, -0.2) is 8.42 Å². The molecule has 7 nitrogen and oxygen atoms in total. The van der Waals surface area contributed by atoms with Gasteiger partial charge in [-0.1, -0.05) is 22.0 Å². The molecular weight excluding hydrogens is 508 g/mol. The number of aliphatic carboxylic acids is 1. The molecule has 1 unspecified atom stereocenters. The van der Waals surface area contributed by atoms with Gasteiger partial charge >= 0.3 is 5.97 Å². The van der Waals surface area contributed by atoms with Crippen LogP contribution in [-0.2, 0) is 21.4 Å². The van der Waals surface area contributed by atoms with Gasteiger partial charge in [0.05, 0.1) is 16.5 Å². The van der Waals surface area contributed by atoms with E-state index in [-0.39, 0.29) is 23.5 Å². The number of ether oxygens (including phenoxy) is 1. The van der Waals surface area contributed by atoms with Crippen LogP contribution in [-0.4, -0.2) is 47.6 Å². The number of carboxylic acid groups (broad SMARTS) is 1. The summed E-state index contributed by atoms with van der Waals surface area (Å²) < 4.78 is 36.4. The monoisotopic (exact) mass is 534 g/mol. The molecule has 0 aliphatic carbocycles. The summed E-state index contributed by atoms with van der Waals surface area (Å²) in [4.78, 5) is 11.7. The highest BCUT2D eigenvalue weighted by molar-refractivity contribution is 9.10. The molecule has 0 spiro atoms. The number of carboxylic acids is 1. The summed E-state index contributed by atoms with van der Waals surface area (Å²) in [6.07, 6.45) is 0.690. The van der Waals surface area contributed by atoms with Crippen LogP contribution >= 0.6 is 15.9 Å². The lowest BCUT2D eigenvalue weighted by Crippen LogP contribution is -2.28. The first-order chi connectivity index (χ1) is 15.6. The first-order valence-corrected chi connectivity index (χ1v) is 13.1. The predicted molar refractivity (Wildman–Crippen MR) is 130 cm³/mol. The van der Waals surface area contributed by atoms with E-state index in [0.717, 1.165) is 26.6 Å². The van der Waals surface area contributed by atoms with Crippen molar-refractivity contribution in [3.05, 3.63) is 58.2 Å². The Morgan fingerprint density at radius 3 is 2.55 bits per heavy atom. The SMILES string of the molecule is Cc1c(C2CCN(S(=O)(=O)c3ccc(OC(C)C)cc3)C2)c2ccc(Br)cc2n1CC(=O)O. The van der Waals surface area contributed by atoms with Crippen LogP contribution in [0.4, 0.5) is 0 Å². The number of rotatable bonds is 7. The van der Waals surface area contributed by atoms with Crippen LogP contribution in [0.1, 0.15) is 37.4 Å². The fourth-order valence-electron chi connectivity index (χ4n) is 4.62. The number of hydrogen-bond acceptors (Lipinski definition) is 4. The molecule has 1 fully saturated rings. The first-order valence-electron chi connectivity index (χ1n) is 10.8. The van der Waals surface area contributed by atoms with Gasteiger partial charge in [0.15, 0.2) is 0 Å². The quantitative estimate of drug-likeness (QED) is 0.471. The number of nitrogens with zero attached hydrogens (tertiary/aromatic N) is 2. The van der Waals surface area contributed by atoms with Crippen molar-refractivity contribution >= 4 is 42.8 Å². The molecule has 3 aromatic rings. The van der Waals surface area contributed by atoms with Crippen molar-refractivity contribution in [3.63, 3.8) is 0 Å². The van der Waals surface area contributed by atoms with E-state index in [1.165, 1.54) is 4.31 Å². The van der Waals surface area contributed by atoms with E-state index in [1.54, 1.807) is 28.8 Å². The molecular formula is C24H27BrN2O5S. The van der Waals surface area contributed by atoms with Crippen molar-refractivity contribution in [1.29, 1.82) is 0 Å². The van der Waals surface area contributed by atoms with Crippen LogP contribution in [0, 0.1) is 6.92 Å². The van der Waals surface area contributed by atoms with Crippen LogP contribution < -0.4 is 4.74 Å². The van der Waals surface area contributed by atoms with Gasteiger partial charge in [-0.05, 0) is 69.2 Å². The zero-order valence-electron chi connectivity index (χ0n) is 18.8. The van der Waals surface area contributed by atoms with Crippen molar-refractivity contribution in [2.75, 3.05) is 13.1 Å². The number of aromatic nitrogens is 1. The summed E-state index contributed by atoms with van der Waals surface area (Å²) in [7, 11) is -3.64. The van der Waals surface area contributed by atoms with Crippen molar-refractivity contribution in [3.8, 4) is 5.75 Å². The highest BCUT2D eigenvalue weighted by Gasteiger charge is 2.35. The van der Waals surface area contributed by atoms with E-state index in [1.807, 2.05) is 39.0 Å². The Morgan fingerprint density at radius 1 is 1.21 bits per heavy atom. The van der Waals surface area contributed by atoms with Crippen LogP contribution in [0.5, 0.6) is 5.75 Å². The summed E-state index contributed by atoms with van der Waals surface area (Å²) in [5.41, 5.74) is 2.73. The Balaban J connectivity index is 1.64. The fraction of sp³-hybridized carbons (Fsp3) is 0.375. The van der Waals surface area contributed by atoms with Gasteiger partial charge < -0.3 is 14.4 Å². The molecule has 1 aliphatic heterocycles. The standard InChI is InChI=1S/C24H27BrN2O5S/c1-15(2)32-19-5-7-20(8-6-19)33(30,31)26-11-10-17(13-26)24-16(3)27(14-23(28)29)22-12-18(25)4-9-21(22)24/h4-9,12,15,17H,10-11,13-14H2,1-3H3,(H,28,29). The summed E-state index contributed by atoms with van der Waals surface area (Å²) in [5.74, 6) is -0.291. The highest BCUT2D eigenvalue weighted by atomic mass is 79.9. The number of halogens is 1. The van der Waals surface area contributed by atoms with Gasteiger partial charge in [0, 0.05) is 34.6 Å². The lowest BCUT2D eigenvalue weighted by atomic mass is 9.95. The molecule has 2 heterocycles. The summed E-state index contributed by atoms with van der Waals surface area (Å²) in [6, 6.07) is 12.4. The summed E-state index contributed by atoms with van der Waals surface area (Å²) >= 11 is 3.47. The largest absolute Gasteiger partial charge is 0.491 e. The van der Waals surface area contributed by atoms with Crippen LogP contribution in [0.3, 0.4) is 0 Å². The molecule has 9 heteroatoms. The normalized spacial score (nSPS) is 17.2. The van der Waals surface area contributed by atoms with Crippen LogP contribution in [0.15, 0.2) is 51.8 Å². The summed E-state index contributed by atoms with van der Waals surface area (Å²) in [5, 5.41) is 10.4. The minimum atomic E-state index is -3.64. The summed E-state index contributed by atoms with van der Waals surface area (Å²) in [6.45, 7) is 6.38. The average molecular weight is 535 g/mol. The number of fused-ring (bicyclic) bond motifs is 1. The molecule has 2 aromatic carbocycles. The van der Waals surface area contributed by atoms with Crippen LogP contribution in [0.2, 0.25) is 0 Å². The van der Waals surface area contributed by atoms with Crippen molar-refractivity contribution in [2.24, 2.45) is 0 Å². The van der Waals surface area contributed by atoms with E-state index in [4.69, 9.17) is 4.74 Å². The Hall–Kier alpha value is -2.36. The second-order valence-corrected chi connectivity index (χ2v) is 11.5. The molecule has 4 rings (SSSR count). The molecule has 0 radical (unpaired) electrons. The van der Waals surface area contributed by atoms with E-state index in [9.17, 15) is 18.3 Å². The third-order valence-corrected chi connectivity index (χ3v) is 8.39. The molecule has 1 atom stereocenters. The Kier molecular flexibility index (Phi) is 6.57. The zero-order chi connectivity index (χ0) is 23.9. The lowest BCUT2D eigenvalue weighted by molar-refractivity contribution is -0.137. The molecule has 0 amide bonds. The van der Waals surface area contributed by atoms with Gasteiger partial charge in [0.25, 0.3) is 0 Å². The van der Waals surface area contributed by atoms with Crippen molar-refractivity contribution < 1.29 is 23.1 Å². The lowest BCUT2D eigenvalue weighted by Gasteiger charge is -2.18. The molecule has 1 N–H and O–H groups in total. The van der Waals surface area contributed by atoms with Gasteiger partial charge in [-0.2, -0.15) is 4.31 Å². The second-order valence-electron chi connectivity index (χ2n) is 8.63. The Bertz CT molecular complexity index is 1300. The van der Waals surface area contributed by atoms with E-state index >= 15 is 0 Å². The highest BCUT2D eigenvalue weighted by Crippen LogP contribution is 2.39. The number of hydrogen-bond donors (Lipinski definition) is 1. The second kappa shape index (κ2) is 9.12. The topological polar surface area (TPSA) is 88.8 Å². The molecule has 33 heavy (non-hydrogen) atoms. The number of sulfonamides is 1. The third kappa shape index (κ3) is 4.67. The zero-order valence-corrected chi connectivity index (χ0v) is 21.2. The van der Waals surface area contributed by atoms with E-state index in [0.29, 0.717) is 25.3 Å². The minimum Gasteiger partial charge on any atom is -0.491 e.